The fourth-order valence-corrected chi connectivity index (χ4v) is 2.95. The number of benzene rings is 2. The summed E-state index contributed by atoms with van der Waals surface area (Å²) in [7, 11) is 0. The van der Waals surface area contributed by atoms with E-state index in [9.17, 15) is 4.79 Å². The summed E-state index contributed by atoms with van der Waals surface area (Å²) in [6, 6.07) is 15.7. The third kappa shape index (κ3) is 9.33. The maximum Gasteiger partial charge on any atom is 0.242 e. The van der Waals surface area contributed by atoms with Gasteiger partial charge >= 0.3 is 0 Å². The molecule has 176 valence electrons. The molecular formula is C24H35IN4O3. The zero-order valence-corrected chi connectivity index (χ0v) is 21.6. The summed E-state index contributed by atoms with van der Waals surface area (Å²) < 4.78 is 11.4. The molecule has 0 spiro atoms. The van der Waals surface area contributed by atoms with Crippen LogP contribution in [0.15, 0.2) is 53.5 Å². The maximum absolute atomic E-state index is 12.2. The molecule has 1 unspecified atom stereocenters. The second-order valence-corrected chi connectivity index (χ2v) is 6.90. The van der Waals surface area contributed by atoms with E-state index in [1.807, 2.05) is 76.2 Å². The number of nitrogens with zero attached hydrogens (tertiary/aromatic N) is 1. The van der Waals surface area contributed by atoms with Gasteiger partial charge in [-0.05, 0) is 51.0 Å². The first kappa shape index (κ1) is 27.5. The van der Waals surface area contributed by atoms with Crippen molar-refractivity contribution in [1.82, 2.24) is 16.0 Å². The molecule has 1 amide bonds. The molecule has 0 bridgehead atoms. The molecule has 0 fully saturated rings. The number of hydrogen-bond acceptors (Lipinski definition) is 4. The van der Waals surface area contributed by atoms with Gasteiger partial charge in [0.2, 0.25) is 5.91 Å². The van der Waals surface area contributed by atoms with Crippen molar-refractivity contribution < 1.29 is 14.3 Å². The van der Waals surface area contributed by atoms with Gasteiger partial charge in [0, 0.05) is 13.1 Å². The van der Waals surface area contributed by atoms with Crippen molar-refractivity contribution in [3.05, 3.63) is 59.7 Å². The van der Waals surface area contributed by atoms with Crippen molar-refractivity contribution in [2.75, 3.05) is 26.3 Å². The molecule has 2 rings (SSSR count). The topological polar surface area (TPSA) is 84.0 Å². The van der Waals surface area contributed by atoms with Crippen LogP contribution in [0.2, 0.25) is 0 Å². The molecule has 3 N–H and O–H groups in total. The second kappa shape index (κ2) is 15.3. The van der Waals surface area contributed by atoms with Crippen LogP contribution in [0.25, 0.3) is 0 Å². The standard InChI is InChI=1S/C24H34N4O3.HI/c1-5-25-24(27-17-23(29)26-16-19-11-9-8-10-12-19)28-18(4)20-13-14-21(30-6-2)22(15-20)31-7-3;/h8-15,18H,5-7,16-17H2,1-4H3,(H,26,29)(H2,25,27,28);1H. The summed E-state index contributed by atoms with van der Waals surface area (Å²) in [5, 5.41) is 9.42. The average molecular weight is 554 g/mol. The molecule has 0 aliphatic rings. The van der Waals surface area contributed by atoms with Gasteiger partial charge in [-0.1, -0.05) is 36.4 Å². The van der Waals surface area contributed by atoms with Crippen LogP contribution >= 0.6 is 24.0 Å². The van der Waals surface area contributed by atoms with Crippen molar-refractivity contribution in [2.24, 2.45) is 4.99 Å². The molecule has 0 aliphatic heterocycles. The summed E-state index contributed by atoms with van der Waals surface area (Å²) in [5.74, 6) is 1.90. The molecule has 0 aliphatic carbocycles. The van der Waals surface area contributed by atoms with Gasteiger partial charge in [-0.15, -0.1) is 24.0 Å². The molecule has 0 aromatic heterocycles. The van der Waals surface area contributed by atoms with E-state index < -0.39 is 0 Å². The maximum atomic E-state index is 12.2. The van der Waals surface area contributed by atoms with Crippen LogP contribution in [0.1, 0.15) is 44.9 Å². The number of carbonyl (C=O) groups is 1. The third-order valence-corrected chi connectivity index (χ3v) is 4.48. The van der Waals surface area contributed by atoms with E-state index in [0.29, 0.717) is 32.3 Å². The van der Waals surface area contributed by atoms with Gasteiger partial charge in [0.1, 0.15) is 6.54 Å². The first-order chi connectivity index (χ1) is 15.1. The predicted molar refractivity (Wildman–Crippen MR) is 140 cm³/mol. The SMILES string of the molecule is CCNC(=NCC(=O)NCc1ccccc1)NC(C)c1ccc(OCC)c(OCC)c1.I. The van der Waals surface area contributed by atoms with Crippen molar-refractivity contribution in [1.29, 1.82) is 0 Å². The highest BCUT2D eigenvalue weighted by Gasteiger charge is 2.13. The van der Waals surface area contributed by atoms with Gasteiger partial charge < -0.3 is 25.4 Å². The second-order valence-electron chi connectivity index (χ2n) is 6.90. The summed E-state index contributed by atoms with van der Waals surface area (Å²) in [6.45, 7) is 10.3. The van der Waals surface area contributed by atoms with Gasteiger partial charge in [-0.3, -0.25) is 4.79 Å². The van der Waals surface area contributed by atoms with Crippen LogP contribution in [0.5, 0.6) is 11.5 Å². The molecule has 32 heavy (non-hydrogen) atoms. The van der Waals surface area contributed by atoms with E-state index in [4.69, 9.17) is 9.47 Å². The number of aliphatic imine (C=N–C) groups is 1. The lowest BCUT2D eigenvalue weighted by Crippen LogP contribution is -2.39. The number of amides is 1. The molecule has 0 saturated carbocycles. The van der Waals surface area contributed by atoms with E-state index in [2.05, 4.69) is 20.9 Å². The zero-order chi connectivity index (χ0) is 22.5. The lowest BCUT2D eigenvalue weighted by molar-refractivity contribution is -0.119. The van der Waals surface area contributed by atoms with Crippen molar-refractivity contribution in [3.63, 3.8) is 0 Å². The first-order valence-corrected chi connectivity index (χ1v) is 10.8. The predicted octanol–water partition coefficient (Wildman–Crippen LogP) is 4.03. The van der Waals surface area contributed by atoms with Crippen LogP contribution in [0, 0.1) is 0 Å². The molecule has 2 aromatic carbocycles. The third-order valence-electron chi connectivity index (χ3n) is 4.48. The molecule has 7 nitrogen and oxygen atoms in total. The largest absolute Gasteiger partial charge is 0.490 e. The molecular weight excluding hydrogens is 519 g/mol. The molecule has 1 atom stereocenters. The molecule has 2 aromatic rings. The van der Waals surface area contributed by atoms with Crippen molar-refractivity contribution in [3.8, 4) is 11.5 Å². The molecule has 8 heteroatoms. The summed E-state index contributed by atoms with van der Waals surface area (Å²) in [4.78, 5) is 16.6. The monoisotopic (exact) mass is 554 g/mol. The Balaban J connectivity index is 0.00000512. The first-order valence-electron chi connectivity index (χ1n) is 10.8. The Morgan fingerprint density at radius 3 is 2.31 bits per heavy atom. The van der Waals surface area contributed by atoms with Crippen LogP contribution < -0.4 is 25.4 Å². The molecule has 0 radical (unpaired) electrons. The van der Waals surface area contributed by atoms with E-state index in [1.165, 1.54) is 0 Å². The highest BCUT2D eigenvalue weighted by Crippen LogP contribution is 2.30. The van der Waals surface area contributed by atoms with Crippen LogP contribution in [-0.2, 0) is 11.3 Å². The van der Waals surface area contributed by atoms with E-state index in [0.717, 1.165) is 22.6 Å². The molecule has 0 saturated heterocycles. The number of guanidine groups is 1. The van der Waals surface area contributed by atoms with Crippen molar-refractivity contribution in [2.45, 2.75) is 40.3 Å². The number of ether oxygens (including phenoxy) is 2. The quantitative estimate of drug-likeness (QED) is 0.222. The van der Waals surface area contributed by atoms with Gasteiger partial charge in [0.15, 0.2) is 17.5 Å². The number of nitrogens with one attached hydrogen (secondary N) is 3. The van der Waals surface area contributed by atoms with Gasteiger partial charge in [0.05, 0.1) is 19.3 Å². The Labute approximate surface area is 208 Å². The average Bonchev–Trinajstić information content (AvgIpc) is 2.78. The van der Waals surface area contributed by atoms with Crippen LogP contribution in [0.3, 0.4) is 0 Å². The Morgan fingerprint density at radius 2 is 1.66 bits per heavy atom. The zero-order valence-electron chi connectivity index (χ0n) is 19.3. The van der Waals surface area contributed by atoms with E-state index in [1.54, 1.807) is 0 Å². The number of carbonyl (C=O) groups excluding carboxylic acids is 1. The van der Waals surface area contributed by atoms with E-state index >= 15 is 0 Å². The highest BCUT2D eigenvalue weighted by molar-refractivity contribution is 14.0. The fourth-order valence-electron chi connectivity index (χ4n) is 2.95. The van der Waals surface area contributed by atoms with Crippen LogP contribution in [0.4, 0.5) is 0 Å². The Morgan fingerprint density at radius 1 is 0.969 bits per heavy atom. The van der Waals surface area contributed by atoms with Crippen LogP contribution in [-0.4, -0.2) is 38.2 Å². The fraction of sp³-hybridized carbons (Fsp3) is 0.417. The summed E-state index contributed by atoms with van der Waals surface area (Å²) >= 11 is 0. The number of rotatable bonds is 11. The number of hydrogen-bond donors (Lipinski definition) is 3. The van der Waals surface area contributed by atoms with E-state index in [-0.39, 0.29) is 42.5 Å². The Bertz CT molecular complexity index is 846. The lowest BCUT2D eigenvalue weighted by Gasteiger charge is -2.20. The smallest absolute Gasteiger partial charge is 0.242 e. The lowest BCUT2D eigenvalue weighted by atomic mass is 10.1. The normalized spacial score (nSPS) is 11.7. The minimum absolute atomic E-state index is 0. The minimum Gasteiger partial charge on any atom is -0.490 e. The highest BCUT2D eigenvalue weighted by atomic mass is 127. The van der Waals surface area contributed by atoms with Crippen molar-refractivity contribution >= 4 is 35.8 Å². The minimum atomic E-state index is -0.131. The van der Waals surface area contributed by atoms with Gasteiger partial charge in [-0.25, -0.2) is 4.99 Å². The van der Waals surface area contributed by atoms with Gasteiger partial charge in [0.25, 0.3) is 0 Å². The summed E-state index contributed by atoms with van der Waals surface area (Å²) in [6.07, 6.45) is 0. The summed E-state index contributed by atoms with van der Waals surface area (Å²) in [5.41, 5.74) is 2.09. The van der Waals surface area contributed by atoms with Gasteiger partial charge in [-0.2, -0.15) is 0 Å². The Hall–Kier alpha value is -2.49. The number of halogens is 1. The molecule has 0 heterocycles. The Kier molecular flexibility index (Phi) is 13.2.